The number of hydrogen-bond donors (Lipinski definition) is 6. The van der Waals surface area contributed by atoms with Crippen LogP contribution in [-0.2, 0) is 14.2 Å². The van der Waals surface area contributed by atoms with Crippen molar-refractivity contribution in [2.24, 2.45) is 50.2 Å². The molecule has 0 aromatic rings. The Morgan fingerprint density at radius 2 is 1.56 bits per heavy atom. The summed E-state index contributed by atoms with van der Waals surface area (Å²) < 4.78 is 19.2. The molecule has 7 aliphatic rings. The molecule has 0 amide bonds. The van der Waals surface area contributed by atoms with Crippen LogP contribution in [0, 0.1) is 50.2 Å². The third kappa shape index (κ3) is 3.99. The maximum Gasteiger partial charge on any atom is 0.186 e. The molecule has 7 rings (SSSR count). The number of aliphatic hydroxyl groups excluding tert-OH is 6. The van der Waals surface area contributed by atoms with Gasteiger partial charge in [-0.3, -0.25) is 0 Å². The SMILES string of the molecule is CC1(C)CCC23COC4(C=CC5C6(C)CCC(OC7OC(CO)C(O)C(O)C7O)C(C)(CO)C6CCC5(C)C4(C)CC2O)C3C1. The van der Waals surface area contributed by atoms with Crippen LogP contribution in [0.3, 0.4) is 0 Å². The quantitative estimate of drug-likeness (QED) is 0.203. The molecule has 16 atom stereocenters. The summed E-state index contributed by atoms with van der Waals surface area (Å²) in [5.74, 6) is 0.594. The van der Waals surface area contributed by atoms with Crippen molar-refractivity contribution in [2.45, 2.75) is 141 Å². The molecule has 2 bridgehead atoms. The minimum atomic E-state index is -1.51. The summed E-state index contributed by atoms with van der Waals surface area (Å²) in [5, 5.41) is 64.2. The lowest BCUT2D eigenvalue weighted by atomic mass is 9.32. The van der Waals surface area contributed by atoms with Crippen LogP contribution in [-0.4, -0.2) is 99.0 Å². The molecule has 9 heteroatoms. The molecule has 6 fully saturated rings. The van der Waals surface area contributed by atoms with Gasteiger partial charge in [-0.15, -0.1) is 0 Å². The molecule has 4 saturated carbocycles. The van der Waals surface area contributed by atoms with E-state index < -0.39 is 54.4 Å². The highest BCUT2D eigenvalue weighted by Crippen LogP contribution is 2.79. The third-order valence-electron chi connectivity index (χ3n) is 15.8. The normalized spacial score (nSPS) is 59.9. The predicted molar refractivity (Wildman–Crippen MR) is 166 cm³/mol. The molecule has 256 valence electrons. The molecule has 1 spiro atoms. The van der Waals surface area contributed by atoms with Gasteiger partial charge in [0.2, 0.25) is 0 Å². The van der Waals surface area contributed by atoms with E-state index in [1.807, 2.05) is 0 Å². The zero-order valence-electron chi connectivity index (χ0n) is 28.1. The van der Waals surface area contributed by atoms with E-state index in [-0.39, 0.29) is 57.5 Å². The van der Waals surface area contributed by atoms with Crippen molar-refractivity contribution >= 4 is 0 Å². The standard InChI is InChI=1S/C36H58O9/c1-30(2)13-14-35-19-43-36(23(35)15-30)12-8-22-31(3)10-9-25(45-29-28(42)27(41)26(40)20(17-37)44-29)32(4,18-38)21(31)7-11-33(22,5)34(36,6)16-24(35)39/h8,12,20-29,37-42H,7,9-11,13-19H2,1-6H3. The van der Waals surface area contributed by atoms with Gasteiger partial charge < -0.3 is 44.8 Å². The summed E-state index contributed by atoms with van der Waals surface area (Å²) in [6, 6.07) is 0. The smallest absolute Gasteiger partial charge is 0.186 e. The molecule has 0 radical (unpaired) electrons. The van der Waals surface area contributed by atoms with Gasteiger partial charge in [0.1, 0.15) is 24.4 Å². The van der Waals surface area contributed by atoms with Gasteiger partial charge in [0.05, 0.1) is 37.6 Å². The van der Waals surface area contributed by atoms with Gasteiger partial charge in [-0.25, -0.2) is 0 Å². The van der Waals surface area contributed by atoms with E-state index in [0.29, 0.717) is 13.0 Å². The number of ether oxygens (including phenoxy) is 3. The molecule has 2 saturated heterocycles. The lowest BCUT2D eigenvalue weighted by molar-refractivity contribution is -0.334. The molecule has 6 N–H and O–H groups in total. The zero-order chi connectivity index (χ0) is 32.6. The van der Waals surface area contributed by atoms with Crippen LogP contribution in [0.1, 0.15) is 92.9 Å². The molecule has 16 unspecified atom stereocenters. The molecule has 0 aromatic carbocycles. The van der Waals surface area contributed by atoms with Crippen molar-refractivity contribution in [1.29, 1.82) is 0 Å². The fourth-order valence-corrected chi connectivity index (χ4v) is 12.9. The van der Waals surface area contributed by atoms with Crippen LogP contribution in [0.5, 0.6) is 0 Å². The Kier molecular flexibility index (Phi) is 7.46. The molecular formula is C36H58O9. The van der Waals surface area contributed by atoms with E-state index in [4.69, 9.17) is 14.2 Å². The Morgan fingerprint density at radius 1 is 0.822 bits per heavy atom. The number of hydrogen-bond acceptors (Lipinski definition) is 9. The molecule has 2 aliphatic heterocycles. The maximum atomic E-state index is 12.0. The molecular weight excluding hydrogens is 576 g/mol. The van der Waals surface area contributed by atoms with Crippen molar-refractivity contribution in [3.63, 3.8) is 0 Å². The average molecular weight is 635 g/mol. The summed E-state index contributed by atoms with van der Waals surface area (Å²) in [4.78, 5) is 0. The summed E-state index contributed by atoms with van der Waals surface area (Å²) in [5.41, 5.74) is -1.57. The number of fused-ring (bicyclic) bond motifs is 4. The second kappa shape index (κ2) is 10.2. The highest BCUT2D eigenvalue weighted by Gasteiger charge is 2.79. The summed E-state index contributed by atoms with van der Waals surface area (Å²) in [6.45, 7) is 14.1. The fourth-order valence-electron chi connectivity index (χ4n) is 12.9. The fraction of sp³-hybridized carbons (Fsp3) is 0.944. The Labute approximate surface area is 268 Å². The molecule has 0 aromatic heterocycles. The lowest BCUT2D eigenvalue weighted by Crippen LogP contribution is -2.72. The van der Waals surface area contributed by atoms with Crippen molar-refractivity contribution in [1.82, 2.24) is 0 Å². The highest BCUT2D eigenvalue weighted by molar-refractivity contribution is 5.36. The first-order chi connectivity index (χ1) is 21.0. The summed E-state index contributed by atoms with van der Waals surface area (Å²) in [6.07, 6.45) is 4.55. The summed E-state index contributed by atoms with van der Waals surface area (Å²) in [7, 11) is 0. The van der Waals surface area contributed by atoms with Crippen LogP contribution in [0.4, 0.5) is 0 Å². The van der Waals surface area contributed by atoms with Crippen molar-refractivity contribution in [2.75, 3.05) is 19.8 Å². The Bertz CT molecular complexity index is 1210. The van der Waals surface area contributed by atoms with Gasteiger partial charge >= 0.3 is 0 Å². The predicted octanol–water partition coefficient (Wildman–Crippen LogP) is 2.93. The van der Waals surface area contributed by atoms with E-state index in [0.717, 1.165) is 44.9 Å². The van der Waals surface area contributed by atoms with Crippen molar-refractivity contribution < 1.29 is 44.8 Å². The maximum absolute atomic E-state index is 12.0. The van der Waals surface area contributed by atoms with E-state index in [9.17, 15) is 30.6 Å². The Hall–Kier alpha value is -0.620. The van der Waals surface area contributed by atoms with Gasteiger partial charge in [0.25, 0.3) is 0 Å². The first kappa shape index (κ1) is 32.9. The molecule has 9 nitrogen and oxygen atoms in total. The Balaban J connectivity index is 1.22. The third-order valence-corrected chi connectivity index (χ3v) is 15.8. The van der Waals surface area contributed by atoms with Crippen LogP contribution < -0.4 is 0 Å². The minimum absolute atomic E-state index is 0.102. The van der Waals surface area contributed by atoms with Gasteiger partial charge in [0, 0.05) is 22.2 Å². The van der Waals surface area contributed by atoms with Crippen LogP contribution in [0.25, 0.3) is 0 Å². The largest absolute Gasteiger partial charge is 0.396 e. The summed E-state index contributed by atoms with van der Waals surface area (Å²) >= 11 is 0. The lowest BCUT2D eigenvalue weighted by Gasteiger charge is -2.73. The van der Waals surface area contributed by atoms with Crippen LogP contribution in [0.2, 0.25) is 0 Å². The molecule has 45 heavy (non-hydrogen) atoms. The van der Waals surface area contributed by atoms with E-state index in [2.05, 4.69) is 53.7 Å². The van der Waals surface area contributed by atoms with E-state index in [1.54, 1.807) is 0 Å². The average Bonchev–Trinajstić information content (AvgIpc) is 3.26. The van der Waals surface area contributed by atoms with Gasteiger partial charge in [0.15, 0.2) is 6.29 Å². The first-order valence-corrected chi connectivity index (χ1v) is 17.6. The minimum Gasteiger partial charge on any atom is -0.396 e. The zero-order valence-corrected chi connectivity index (χ0v) is 28.1. The molecule has 2 heterocycles. The van der Waals surface area contributed by atoms with Crippen LogP contribution in [0.15, 0.2) is 12.2 Å². The number of rotatable bonds is 4. The van der Waals surface area contributed by atoms with Crippen molar-refractivity contribution in [3.05, 3.63) is 12.2 Å². The number of aliphatic hydroxyl groups is 6. The van der Waals surface area contributed by atoms with E-state index >= 15 is 0 Å². The second-order valence-corrected chi connectivity index (χ2v) is 18.2. The Morgan fingerprint density at radius 3 is 2.24 bits per heavy atom. The first-order valence-electron chi connectivity index (χ1n) is 17.6. The van der Waals surface area contributed by atoms with E-state index in [1.165, 1.54) is 0 Å². The molecule has 5 aliphatic carbocycles. The highest BCUT2D eigenvalue weighted by atomic mass is 16.7. The van der Waals surface area contributed by atoms with Gasteiger partial charge in [-0.2, -0.15) is 0 Å². The number of allylic oxidation sites excluding steroid dienone is 1. The van der Waals surface area contributed by atoms with Crippen molar-refractivity contribution in [3.8, 4) is 0 Å². The van der Waals surface area contributed by atoms with Gasteiger partial charge in [-0.05, 0) is 79.4 Å². The monoisotopic (exact) mass is 634 g/mol. The second-order valence-electron chi connectivity index (χ2n) is 18.2. The van der Waals surface area contributed by atoms with Crippen LogP contribution >= 0.6 is 0 Å². The van der Waals surface area contributed by atoms with Gasteiger partial charge in [-0.1, -0.05) is 53.7 Å². The topological polar surface area (TPSA) is 149 Å².